The molecule has 8 heteroatoms. The van der Waals surface area contributed by atoms with Crippen LogP contribution in [0.5, 0.6) is 11.5 Å². The Balaban J connectivity index is 1.71. The molecule has 3 rings (SSSR count). The maximum absolute atomic E-state index is 12.6. The molecule has 1 aliphatic carbocycles. The smallest absolute Gasteiger partial charge is 0.251 e. The van der Waals surface area contributed by atoms with Crippen LogP contribution in [0.2, 0.25) is 0 Å². The molecule has 0 unspecified atom stereocenters. The lowest BCUT2D eigenvalue weighted by Crippen LogP contribution is -2.28. The van der Waals surface area contributed by atoms with E-state index in [2.05, 4.69) is 10.0 Å². The van der Waals surface area contributed by atoms with E-state index in [9.17, 15) is 13.2 Å². The lowest BCUT2D eigenvalue weighted by Gasteiger charge is -2.13. The van der Waals surface area contributed by atoms with E-state index in [0.717, 1.165) is 29.7 Å². The molecular formula is C21H26N2O5S. The van der Waals surface area contributed by atoms with Crippen molar-refractivity contribution in [1.82, 2.24) is 10.0 Å². The molecule has 7 nitrogen and oxygen atoms in total. The predicted octanol–water partition coefficient (Wildman–Crippen LogP) is 2.43. The minimum absolute atomic E-state index is 0.0279. The first-order valence-corrected chi connectivity index (χ1v) is 10.9. The van der Waals surface area contributed by atoms with Crippen LogP contribution in [0.15, 0.2) is 41.3 Å². The highest BCUT2D eigenvalue weighted by Gasteiger charge is 2.30. The number of sulfonamides is 1. The Bertz CT molecular complexity index is 1000. The van der Waals surface area contributed by atoms with Crippen LogP contribution in [0.3, 0.4) is 0 Å². The van der Waals surface area contributed by atoms with Crippen molar-refractivity contribution in [3.8, 4) is 11.5 Å². The van der Waals surface area contributed by atoms with Gasteiger partial charge in [-0.3, -0.25) is 4.79 Å². The van der Waals surface area contributed by atoms with Crippen LogP contribution in [0.1, 0.15) is 34.3 Å². The van der Waals surface area contributed by atoms with Gasteiger partial charge in [0.05, 0.1) is 14.2 Å². The van der Waals surface area contributed by atoms with Crippen molar-refractivity contribution in [2.75, 3.05) is 20.8 Å². The molecule has 0 bridgehead atoms. The highest BCUT2D eigenvalue weighted by Crippen LogP contribution is 2.28. The number of ether oxygens (including phenoxy) is 2. The fraction of sp³-hybridized carbons (Fsp3) is 0.381. The van der Waals surface area contributed by atoms with Crippen molar-refractivity contribution in [3.63, 3.8) is 0 Å². The Labute approximate surface area is 171 Å². The van der Waals surface area contributed by atoms with Crippen LogP contribution in [0, 0.1) is 6.92 Å². The zero-order chi connectivity index (χ0) is 21.0. The summed E-state index contributed by atoms with van der Waals surface area (Å²) in [5, 5.41) is 2.84. The lowest BCUT2D eigenvalue weighted by atomic mass is 10.1. The largest absolute Gasteiger partial charge is 0.496 e. The summed E-state index contributed by atoms with van der Waals surface area (Å²) in [5.74, 6) is 0.634. The molecule has 2 N–H and O–H groups in total. The second-order valence-electron chi connectivity index (χ2n) is 7.08. The number of benzene rings is 2. The molecule has 1 amide bonds. The third-order valence-corrected chi connectivity index (χ3v) is 6.27. The highest BCUT2D eigenvalue weighted by atomic mass is 32.2. The zero-order valence-electron chi connectivity index (χ0n) is 16.8. The van der Waals surface area contributed by atoms with Gasteiger partial charge in [-0.1, -0.05) is 17.7 Å². The SMILES string of the molecule is COc1ccc(C)cc1CCNC(=O)c1ccc(OC)c(S(=O)(=O)NC2CC2)c1. The van der Waals surface area contributed by atoms with E-state index in [1.54, 1.807) is 13.2 Å². The number of nitrogens with one attached hydrogen (secondary N) is 2. The first kappa shape index (κ1) is 21.1. The molecule has 0 aliphatic heterocycles. The monoisotopic (exact) mass is 418 g/mol. The number of carbonyl (C=O) groups excluding carboxylic acids is 1. The molecule has 0 spiro atoms. The summed E-state index contributed by atoms with van der Waals surface area (Å²) in [6.45, 7) is 2.39. The Hall–Kier alpha value is -2.58. The molecule has 1 aliphatic rings. The van der Waals surface area contributed by atoms with Crippen LogP contribution in [-0.4, -0.2) is 41.1 Å². The number of rotatable bonds is 9. The third kappa shape index (κ3) is 5.27. The van der Waals surface area contributed by atoms with Crippen LogP contribution in [-0.2, 0) is 16.4 Å². The second kappa shape index (κ2) is 8.84. The molecule has 0 aromatic heterocycles. The van der Waals surface area contributed by atoms with E-state index in [1.807, 2.05) is 25.1 Å². The van der Waals surface area contributed by atoms with Crippen LogP contribution < -0.4 is 19.5 Å². The summed E-state index contributed by atoms with van der Waals surface area (Å²) >= 11 is 0. The number of hydrogen-bond acceptors (Lipinski definition) is 5. The molecule has 0 atom stereocenters. The second-order valence-corrected chi connectivity index (χ2v) is 8.76. The van der Waals surface area contributed by atoms with E-state index in [1.165, 1.54) is 19.2 Å². The summed E-state index contributed by atoms with van der Waals surface area (Å²) in [7, 11) is -0.729. The van der Waals surface area contributed by atoms with Gasteiger partial charge < -0.3 is 14.8 Å². The third-order valence-electron chi connectivity index (χ3n) is 4.73. The number of amides is 1. The van der Waals surface area contributed by atoms with Gasteiger partial charge >= 0.3 is 0 Å². The van der Waals surface area contributed by atoms with Gasteiger partial charge in [0.15, 0.2) is 0 Å². The molecule has 1 fully saturated rings. The summed E-state index contributed by atoms with van der Waals surface area (Å²) in [6.07, 6.45) is 2.25. The van der Waals surface area contributed by atoms with Gasteiger partial charge in [-0.25, -0.2) is 13.1 Å². The first-order chi connectivity index (χ1) is 13.8. The molecule has 2 aromatic rings. The van der Waals surface area contributed by atoms with Crippen molar-refractivity contribution >= 4 is 15.9 Å². The fourth-order valence-electron chi connectivity index (χ4n) is 3.03. The van der Waals surface area contributed by atoms with Gasteiger partial charge in [0.2, 0.25) is 10.0 Å². The number of hydrogen-bond donors (Lipinski definition) is 2. The molecule has 2 aromatic carbocycles. The zero-order valence-corrected chi connectivity index (χ0v) is 17.6. The summed E-state index contributed by atoms with van der Waals surface area (Å²) in [4.78, 5) is 12.5. The summed E-state index contributed by atoms with van der Waals surface area (Å²) in [5.41, 5.74) is 2.37. The Morgan fingerprint density at radius 2 is 1.76 bits per heavy atom. The topological polar surface area (TPSA) is 93.7 Å². The molecule has 0 heterocycles. The van der Waals surface area contributed by atoms with Gasteiger partial charge in [0, 0.05) is 18.2 Å². The number of methoxy groups -OCH3 is 2. The predicted molar refractivity (Wildman–Crippen MR) is 110 cm³/mol. The number of carbonyl (C=O) groups is 1. The van der Waals surface area contributed by atoms with Crippen molar-refractivity contribution in [2.45, 2.75) is 37.1 Å². The van der Waals surface area contributed by atoms with Crippen molar-refractivity contribution in [1.29, 1.82) is 0 Å². The van der Waals surface area contributed by atoms with Gasteiger partial charge in [-0.15, -0.1) is 0 Å². The van der Waals surface area contributed by atoms with Crippen molar-refractivity contribution in [2.24, 2.45) is 0 Å². The van der Waals surface area contributed by atoms with E-state index in [-0.39, 0.29) is 28.2 Å². The Morgan fingerprint density at radius 1 is 1.07 bits per heavy atom. The fourth-order valence-corrected chi connectivity index (χ4v) is 4.53. The maximum atomic E-state index is 12.6. The summed E-state index contributed by atoms with van der Waals surface area (Å²) < 4.78 is 38.4. The van der Waals surface area contributed by atoms with Crippen LogP contribution in [0.4, 0.5) is 0 Å². The normalized spacial score (nSPS) is 13.8. The van der Waals surface area contributed by atoms with E-state index in [4.69, 9.17) is 9.47 Å². The Morgan fingerprint density at radius 3 is 2.41 bits per heavy atom. The highest BCUT2D eigenvalue weighted by molar-refractivity contribution is 7.89. The average molecular weight is 419 g/mol. The minimum Gasteiger partial charge on any atom is -0.496 e. The average Bonchev–Trinajstić information content (AvgIpc) is 3.51. The molecule has 1 saturated carbocycles. The Kier molecular flexibility index (Phi) is 6.44. The molecule has 0 saturated heterocycles. The molecular weight excluding hydrogens is 392 g/mol. The van der Waals surface area contributed by atoms with E-state index in [0.29, 0.717) is 13.0 Å². The molecule has 29 heavy (non-hydrogen) atoms. The molecule has 0 radical (unpaired) electrons. The summed E-state index contributed by atoms with van der Waals surface area (Å²) in [6, 6.07) is 10.3. The number of aryl methyl sites for hydroxylation is 1. The van der Waals surface area contributed by atoms with Gasteiger partial charge in [-0.05, 0) is 56.0 Å². The maximum Gasteiger partial charge on any atom is 0.251 e. The van der Waals surface area contributed by atoms with Crippen LogP contribution in [0.25, 0.3) is 0 Å². The van der Waals surface area contributed by atoms with Gasteiger partial charge in [0.25, 0.3) is 5.91 Å². The lowest BCUT2D eigenvalue weighted by molar-refractivity contribution is 0.0954. The van der Waals surface area contributed by atoms with Crippen molar-refractivity contribution < 1.29 is 22.7 Å². The standard InChI is InChI=1S/C21H26N2O5S/c1-14-4-8-18(27-2)15(12-14)10-11-22-21(24)16-5-9-19(28-3)20(13-16)29(25,26)23-17-6-7-17/h4-5,8-9,12-13,17,23H,6-7,10-11H2,1-3H3,(H,22,24). The van der Waals surface area contributed by atoms with Gasteiger partial charge in [0.1, 0.15) is 16.4 Å². The van der Waals surface area contributed by atoms with E-state index >= 15 is 0 Å². The quantitative estimate of drug-likeness (QED) is 0.652. The minimum atomic E-state index is -3.74. The van der Waals surface area contributed by atoms with Gasteiger partial charge in [-0.2, -0.15) is 0 Å². The van der Waals surface area contributed by atoms with E-state index < -0.39 is 10.0 Å². The van der Waals surface area contributed by atoms with Crippen molar-refractivity contribution in [3.05, 3.63) is 53.1 Å². The first-order valence-electron chi connectivity index (χ1n) is 9.46. The molecule has 156 valence electrons. The van der Waals surface area contributed by atoms with Crippen LogP contribution >= 0.6 is 0 Å².